The zero-order valence-corrected chi connectivity index (χ0v) is 9.69. The topological polar surface area (TPSA) is 54.9 Å². The molecule has 0 spiro atoms. The molecule has 1 aromatic carbocycles. The lowest BCUT2D eigenvalue weighted by Gasteiger charge is -2.04. The van der Waals surface area contributed by atoms with Gasteiger partial charge in [0.05, 0.1) is 12.4 Å². The molecule has 0 unspecified atom stereocenters. The van der Waals surface area contributed by atoms with Gasteiger partial charge in [-0.05, 0) is 5.56 Å². The third-order valence-electron chi connectivity index (χ3n) is 2.13. The molecule has 0 atom stereocenters. The van der Waals surface area contributed by atoms with Crippen molar-refractivity contribution in [2.75, 3.05) is 0 Å². The summed E-state index contributed by atoms with van der Waals surface area (Å²) in [6.45, 7) is 0.452. The molecule has 2 rings (SSSR count). The monoisotopic (exact) mass is 247 g/mol. The summed E-state index contributed by atoms with van der Waals surface area (Å²) < 4.78 is 0. The Balaban J connectivity index is 1.98. The summed E-state index contributed by atoms with van der Waals surface area (Å²) in [4.78, 5) is 19.4. The number of aromatic nitrogens is 2. The van der Waals surface area contributed by atoms with E-state index in [2.05, 4.69) is 15.3 Å². The van der Waals surface area contributed by atoms with E-state index in [9.17, 15) is 4.79 Å². The molecule has 1 amide bonds. The number of hydrogen-bond acceptors (Lipinski definition) is 3. The number of carbonyl (C=O) groups is 1. The van der Waals surface area contributed by atoms with E-state index in [1.54, 1.807) is 0 Å². The van der Waals surface area contributed by atoms with Gasteiger partial charge in [-0.1, -0.05) is 41.9 Å². The number of nitrogens with zero attached hydrogens (tertiary/aromatic N) is 2. The predicted molar refractivity (Wildman–Crippen MR) is 64.7 cm³/mol. The summed E-state index contributed by atoms with van der Waals surface area (Å²) in [5, 5.41) is 2.95. The van der Waals surface area contributed by atoms with Gasteiger partial charge in [0.25, 0.3) is 5.91 Å². The molecule has 1 heterocycles. The van der Waals surface area contributed by atoms with Crippen molar-refractivity contribution in [1.82, 2.24) is 15.3 Å². The predicted octanol–water partition coefficient (Wildman–Crippen LogP) is 2.06. The SMILES string of the molecule is O=C(NCc1ccccc1)c1cncc(Cl)n1. The standard InChI is InChI=1S/C12H10ClN3O/c13-11-8-14-7-10(16-11)12(17)15-6-9-4-2-1-3-5-9/h1-5,7-8H,6H2,(H,15,17). The first-order valence-electron chi connectivity index (χ1n) is 5.05. The van der Waals surface area contributed by atoms with E-state index in [0.29, 0.717) is 6.54 Å². The Morgan fingerprint density at radius 1 is 1.24 bits per heavy atom. The van der Waals surface area contributed by atoms with Crippen LogP contribution in [0.2, 0.25) is 5.15 Å². The molecular formula is C12H10ClN3O. The zero-order valence-electron chi connectivity index (χ0n) is 8.93. The molecule has 86 valence electrons. The van der Waals surface area contributed by atoms with E-state index in [1.807, 2.05) is 30.3 Å². The van der Waals surface area contributed by atoms with Crippen molar-refractivity contribution in [2.24, 2.45) is 0 Å². The summed E-state index contributed by atoms with van der Waals surface area (Å²) in [6.07, 6.45) is 2.77. The highest BCUT2D eigenvalue weighted by Crippen LogP contribution is 2.03. The molecule has 5 heteroatoms. The number of carbonyl (C=O) groups excluding carboxylic acids is 1. The highest BCUT2D eigenvalue weighted by atomic mass is 35.5. The number of benzene rings is 1. The van der Waals surface area contributed by atoms with Crippen LogP contribution in [0.15, 0.2) is 42.7 Å². The molecule has 0 bridgehead atoms. The lowest BCUT2D eigenvalue weighted by molar-refractivity contribution is 0.0945. The van der Waals surface area contributed by atoms with Gasteiger partial charge >= 0.3 is 0 Å². The van der Waals surface area contributed by atoms with Gasteiger partial charge in [0.15, 0.2) is 0 Å². The molecule has 0 saturated carbocycles. The second-order valence-electron chi connectivity index (χ2n) is 3.40. The van der Waals surface area contributed by atoms with Gasteiger partial charge in [0, 0.05) is 6.54 Å². The minimum atomic E-state index is -0.288. The molecule has 0 fully saturated rings. The average molecular weight is 248 g/mol. The molecule has 0 aliphatic carbocycles. The van der Waals surface area contributed by atoms with Crippen molar-refractivity contribution in [3.8, 4) is 0 Å². The number of rotatable bonds is 3. The maximum atomic E-state index is 11.7. The lowest BCUT2D eigenvalue weighted by Crippen LogP contribution is -2.23. The van der Waals surface area contributed by atoms with Crippen LogP contribution in [0.25, 0.3) is 0 Å². The first kappa shape index (κ1) is 11.5. The highest BCUT2D eigenvalue weighted by molar-refractivity contribution is 6.29. The largest absolute Gasteiger partial charge is 0.347 e. The van der Waals surface area contributed by atoms with Crippen LogP contribution in [0.4, 0.5) is 0 Å². The van der Waals surface area contributed by atoms with E-state index < -0.39 is 0 Å². The van der Waals surface area contributed by atoms with Gasteiger partial charge in [0.1, 0.15) is 10.8 Å². The fourth-order valence-electron chi connectivity index (χ4n) is 1.32. The number of nitrogens with one attached hydrogen (secondary N) is 1. The summed E-state index contributed by atoms with van der Waals surface area (Å²) in [5.41, 5.74) is 1.24. The molecule has 0 aliphatic rings. The molecule has 0 radical (unpaired) electrons. The lowest BCUT2D eigenvalue weighted by atomic mass is 10.2. The van der Waals surface area contributed by atoms with Crippen molar-refractivity contribution in [3.05, 3.63) is 59.1 Å². The van der Waals surface area contributed by atoms with Gasteiger partial charge in [-0.3, -0.25) is 9.78 Å². The molecule has 1 aromatic heterocycles. The van der Waals surface area contributed by atoms with Gasteiger partial charge in [0.2, 0.25) is 0 Å². The molecule has 0 saturated heterocycles. The summed E-state index contributed by atoms with van der Waals surface area (Å²) in [7, 11) is 0. The Bertz CT molecular complexity index is 516. The summed E-state index contributed by atoms with van der Waals surface area (Å²) >= 11 is 5.65. The van der Waals surface area contributed by atoms with Gasteiger partial charge in [-0.15, -0.1) is 0 Å². The molecule has 2 aromatic rings. The highest BCUT2D eigenvalue weighted by Gasteiger charge is 2.07. The number of halogens is 1. The minimum Gasteiger partial charge on any atom is -0.347 e. The maximum absolute atomic E-state index is 11.7. The van der Waals surface area contributed by atoms with Crippen LogP contribution in [0.5, 0.6) is 0 Å². The van der Waals surface area contributed by atoms with E-state index in [0.717, 1.165) is 5.56 Å². The second kappa shape index (κ2) is 5.41. The Hall–Kier alpha value is -1.94. The molecule has 1 N–H and O–H groups in total. The third-order valence-corrected chi connectivity index (χ3v) is 2.32. The normalized spacial score (nSPS) is 9.94. The Morgan fingerprint density at radius 2 is 2.00 bits per heavy atom. The van der Waals surface area contributed by atoms with Crippen molar-refractivity contribution >= 4 is 17.5 Å². The van der Waals surface area contributed by atoms with Gasteiger partial charge in [-0.25, -0.2) is 4.98 Å². The van der Waals surface area contributed by atoms with Crippen LogP contribution in [0.1, 0.15) is 16.1 Å². The second-order valence-corrected chi connectivity index (χ2v) is 3.78. The van der Waals surface area contributed by atoms with Crippen LogP contribution in [0.3, 0.4) is 0 Å². The molecular weight excluding hydrogens is 238 g/mol. The van der Waals surface area contributed by atoms with E-state index in [-0.39, 0.29) is 16.8 Å². The average Bonchev–Trinajstić information content (AvgIpc) is 2.37. The van der Waals surface area contributed by atoms with E-state index in [1.165, 1.54) is 12.4 Å². The molecule has 17 heavy (non-hydrogen) atoms. The number of amides is 1. The van der Waals surface area contributed by atoms with Crippen LogP contribution >= 0.6 is 11.6 Å². The van der Waals surface area contributed by atoms with Crippen molar-refractivity contribution in [2.45, 2.75) is 6.54 Å². The van der Waals surface area contributed by atoms with Gasteiger partial charge in [-0.2, -0.15) is 0 Å². The van der Waals surface area contributed by atoms with Crippen LogP contribution < -0.4 is 5.32 Å². The van der Waals surface area contributed by atoms with Crippen molar-refractivity contribution in [1.29, 1.82) is 0 Å². The van der Waals surface area contributed by atoms with Crippen LogP contribution in [-0.4, -0.2) is 15.9 Å². The molecule has 0 aliphatic heterocycles. The van der Waals surface area contributed by atoms with Crippen LogP contribution in [-0.2, 0) is 6.54 Å². The Kier molecular flexibility index (Phi) is 3.67. The summed E-state index contributed by atoms with van der Waals surface area (Å²) in [5.74, 6) is -0.288. The third kappa shape index (κ3) is 3.26. The maximum Gasteiger partial charge on any atom is 0.271 e. The van der Waals surface area contributed by atoms with E-state index >= 15 is 0 Å². The van der Waals surface area contributed by atoms with Crippen molar-refractivity contribution in [3.63, 3.8) is 0 Å². The Morgan fingerprint density at radius 3 is 2.71 bits per heavy atom. The van der Waals surface area contributed by atoms with E-state index in [4.69, 9.17) is 11.6 Å². The Labute approximate surface area is 104 Å². The zero-order chi connectivity index (χ0) is 12.1. The van der Waals surface area contributed by atoms with Crippen molar-refractivity contribution < 1.29 is 4.79 Å². The fraction of sp³-hybridized carbons (Fsp3) is 0.0833. The fourth-order valence-corrected chi connectivity index (χ4v) is 1.47. The van der Waals surface area contributed by atoms with Gasteiger partial charge < -0.3 is 5.32 Å². The first-order chi connectivity index (χ1) is 8.25. The smallest absolute Gasteiger partial charge is 0.271 e. The first-order valence-corrected chi connectivity index (χ1v) is 5.43. The minimum absolute atomic E-state index is 0.206. The molecule has 4 nitrogen and oxygen atoms in total. The van der Waals surface area contributed by atoms with Crippen LogP contribution in [0, 0.1) is 0 Å². The number of hydrogen-bond donors (Lipinski definition) is 1. The quantitative estimate of drug-likeness (QED) is 0.903. The summed E-state index contributed by atoms with van der Waals surface area (Å²) in [6, 6.07) is 9.63.